The van der Waals surface area contributed by atoms with E-state index in [0.717, 1.165) is 11.1 Å². The molecule has 0 spiro atoms. The summed E-state index contributed by atoms with van der Waals surface area (Å²) in [7, 11) is 1.30. The van der Waals surface area contributed by atoms with E-state index in [1.807, 2.05) is 24.3 Å². The van der Waals surface area contributed by atoms with Crippen molar-refractivity contribution in [3.63, 3.8) is 0 Å². The Hall–Kier alpha value is -0.880. The number of fused-ring (bicyclic) bond motifs is 1. The van der Waals surface area contributed by atoms with Crippen molar-refractivity contribution < 1.29 is 4.42 Å². The van der Waals surface area contributed by atoms with Crippen molar-refractivity contribution in [1.82, 2.24) is 4.98 Å². The van der Waals surface area contributed by atoms with E-state index in [-0.39, 0.29) is 0 Å². The first-order chi connectivity index (χ1) is 7.47. The molecule has 0 unspecified atom stereocenters. The van der Waals surface area contributed by atoms with Crippen LogP contribution in [0.1, 0.15) is 19.3 Å². The van der Waals surface area contributed by atoms with Crippen molar-refractivity contribution in [2.75, 3.05) is 12.3 Å². The van der Waals surface area contributed by atoms with Gasteiger partial charge in [-0.15, -0.1) is 8.58 Å². The van der Waals surface area contributed by atoms with Crippen LogP contribution in [0.3, 0.4) is 0 Å². The average molecular weight is 221 g/mol. The maximum atomic E-state index is 5.01. The molecule has 2 aromatic rings. The van der Waals surface area contributed by atoms with E-state index in [1.54, 1.807) is 0 Å². The third-order valence-electron chi connectivity index (χ3n) is 2.44. The first-order valence-electron chi connectivity index (χ1n) is 5.46. The van der Waals surface area contributed by atoms with Gasteiger partial charge in [0.2, 0.25) is 0 Å². The molecule has 0 bridgehead atoms. The lowest BCUT2D eigenvalue weighted by atomic mass is 10.3. The molecule has 0 aliphatic carbocycles. The van der Waals surface area contributed by atoms with Crippen LogP contribution in [-0.4, -0.2) is 17.3 Å². The number of hydrogen-bond acceptors (Lipinski definition) is 2. The zero-order chi connectivity index (χ0) is 10.3. The third kappa shape index (κ3) is 3.32. The molecule has 0 amide bonds. The van der Waals surface area contributed by atoms with Gasteiger partial charge in [-0.3, -0.25) is 0 Å². The zero-order valence-electron chi connectivity index (χ0n) is 8.78. The monoisotopic (exact) mass is 221 g/mol. The quantitative estimate of drug-likeness (QED) is 0.634. The number of rotatable bonds is 0. The molecule has 1 fully saturated rings. The normalized spacial score (nSPS) is 15.7. The highest BCUT2D eigenvalue weighted by Gasteiger charge is 1.95. The summed E-state index contributed by atoms with van der Waals surface area (Å²) >= 11 is 0. The van der Waals surface area contributed by atoms with Crippen molar-refractivity contribution in [3.8, 4) is 0 Å². The summed E-state index contributed by atoms with van der Waals surface area (Å²) in [4.78, 5) is 3.95. The van der Waals surface area contributed by atoms with Gasteiger partial charge in [0, 0.05) is 0 Å². The Kier molecular flexibility index (Phi) is 4.16. The summed E-state index contributed by atoms with van der Waals surface area (Å²) in [6.45, 7) is 0. The second kappa shape index (κ2) is 5.87. The fourth-order valence-electron chi connectivity index (χ4n) is 1.61. The van der Waals surface area contributed by atoms with Crippen LogP contribution in [0.25, 0.3) is 11.1 Å². The summed E-state index contributed by atoms with van der Waals surface area (Å²) in [5, 5.41) is 0. The van der Waals surface area contributed by atoms with Gasteiger partial charge < -0.3 is 4.42 Å². The molecule has 1 aliphatic rings. The zero-order valence-corrected chi connectivity index (χ0v) is 9.78. The molecule has 15 heavy (non-hydrogen) atoms. The Morgan fingerprint density at radius 2 is 1.87 bits per heavy atom. The maximum Gasteiger partial charge on any atom is 0.181 e. The van der Waals surface area contributed by atoms with E-state index in [4.69, 9.17) is 4.42 Å². The standard InChI is InChI=1S/C7H5NO.C5H11P/c1-2-4-7-6(3-1)8-5-9-7;1-2-4-6-5-3-1/h1-5H;6H,1-5H2. The fourth-order valence-corrected chi connectivity index (χ4v) is 2.86. The van der Waals surface area contributed by atoms with Gasteiger partial charge in [-0.05, 0) is 37.3 Å². The number of oxazole rings is 1. The minimum absolute atomic E-state index is 0.845. The van der Waals surface area contributed by atoms with Gasteiger partial charge in [0.1, 0.15) is 5.52 Å². The molecule has 80 valence electrons. The average Bonchev–Trinajstić information content (AvgIpc) is 2.80. The van der Waals surface area contributed by atoms with Crippen LogP contribution in [0.4, 0.5) is 0 Å². The molecular weight excluding hydrogens is 205 g/mol. The third-order valence-corrected chi connectivity index (χ3v) is 3.86. The van der Waals surface area contributed by atoms with Crippen LogP contribution in [0.15, 0.2) is 35.1 Å². The van der Waals surface area contributed by atoms with Crippen LogP contribution in [0.5, 0.6) is 0 Å². The van der Waals surface area contributed by atoms with Crippen LogP contribution in [-0.2, 0) is 0 Å². The largest absolute Gasteiger partial charge is 0.443 e. The Balaban J connectivity index is 0.000000124. The lowest BCUT2D eigenvalue weighted by Crippen LogP contribution is -1.89. The van der Waals surface area contributed by atoms with Gasteiger partial charge in [0.25, 0.3) is 0 Å². The highest BCUT2D eigenvalue weighted by atomic mass is 31.1. The number of benzene rings is 1. The van der Waals surface area contributed by atoms with Crippen LogP contribution >= 0.6 is 8.58 Å². The molecule has 0 N–H and O–H groups in total. The summed E-state index contributed by atoms with van der Waals surface area (Å²) < 4.78 is 5.01. The summed E-state index contributed by atoms with van der Waals surface area (Å²) in [6.07, 6.45) is 9.04. The lowest BCUT2D eigenvalue weighted by molar-refractivity contribution is 0.602. The summed E-state index contributed by atoms with van der Waals surface area (Å²) in [6, 6.07) is 7.67. The van der Waals surface area contributed by atoms with Crippen LogP contribution < -0.4 is 0 Å². The highest BCUT2D eigenvalue weighted by Crippen LogP contribution is 2.21. The van der Waals surface area contributed by atoms with Crippen molar-refractivity contribution in [2.45, 2.75) is 19.3 Å². The Bertz CT molecular complexity index is 353. The SMILES string of the molecule is C1CCPCC1.c1ccc2ocnc2c1. The topological polar surface area (TPSA) is 26.0 Å². The first kappa shape index (κ1) is 10.6. The Morgan fingerprint density at radius 1 is 1.07 bits per heavy atom. The van der Waals surface area contributed by atoms with E-state index < -0.39 is 0 Å². The fraction of sp³-hybridized carbons (Fsp3) is 0.417. The van der Waals surface area contributed by atoms with Gasteiger partial charge in [0.05, 0.1) is 0 Å². The molecule has 1 aromatic carbocycles. The first-order valence-corrected chi connectivity index (χ1v) is 6.87. The molecule has 1 aliphatic heterocycles. The maximum absolute atomic E-state index is 5.01. The summed E-state index contributed by atoms with van der Waals surface area (Å²) in [5.41, 5.74) is 1.76. The number of aromatic nitrogens is 1. The second-order valence-electron chi connectivity index (χ2n) is 3.63. The summed E-state index contributed by atoms with van der Waals surface area (Å²) in [5.74, 6) is 0. The van der Waals surface area contributed by atoms with Crippen molar-refractivity contribution >= 4 is 19.7 Å². The van der Waals surface area contributed by atoms with Crippen LogP contribution in [0.2, 0.25) is 0 Å². The number of nitrogens with zero attached hydrogens (tertiary/aromatic N) is 1. The van der Waals surface area contributed by atoms with E-state index in [2.05, 4.69) is 4.98 Å². The Labute approximate surface area is 91.9 Å². The molecular formula is C12H16NOP. The molecule has 2 heterocycles. The van der Waals surface area contributed by atoms with E-state index in [0.29, 0.717) is 0 Å². The van der Waals surface area contributed by atoms with Gasteiger partial charge in [-0.1, -0.05) is 18.6 Å². The second-order valence-corrected chi connectivity index (χ2v) is 5.13. The molecule has 0 radical (unpaired) electrons. The van der Waals surface area contributed by atoms with Crippen molar-refractivity contribution in [2.24, 2.45) is 0 Å². The van der Waals surface area contributed by atoms with Crippen molar-refractivity contribution in [3.05, 3.63) is 30.7 Å². The molecule has 1 aromatic heterocycles. The number of hydrogen-bond donors (Lipinski definition) is 0. The predicted molar refractivity (Wildman–Crippen MR) is 65.9 cm³/mol. The van der Waals surface area contributed by atoms with E-state index in [1.165, 1.54) is 46.6 Å². The van der Waals surface area contributed by atoms with Crippen LogP contribution in [0, 0.1) is 0 Å². The molecule has 0 saturated carbocycles. The molecule has 1 saturated heterocycles. The predicted octanol–water partition coefficient (Wildman–Crippen LogP) is 3.68. The lowest BCUT2D eigenvalue weighted by Gasteiger charge is -2.06. The van der Waals surface area contributed by atoms with Gasteiger partial charge >= 0.3 is 0 Å². The molecule has 0 atom stereocenters. The smallest absolute Gasteiger partial charge is 0.181 e. The van der Waals surface area contributed by atoms with Gasteiger partial charge in [0.15, 0.2) is 12.0 Å². The highest BCUT2D eigenvalue weighted by molar-refractivity contribution is 7.38. The minimum atomic E-state index is 0.845. The number of para-hydroxylation sites is 2. The Morgan fingerprint density at radius 3 is 2.47 bits per heavy atom. The van der Waals surface area contributed by atoms with Gasteiger partial charge in [-0.25, -0.2) is 4.98 Å². The van der Waals surface area contributed by atoms with E-state index in [9.17, 15) is 0 Å². The van der Waals surface area contributed by atoms with Crippen molar-refractivity contribution in [1.29, 1.82) is 0 Å². The molecule has 3 heteroatoms. The molecule has 3 rings (SSSR count). The minimum Gasteiger partial charge on any atom is -0.443 e. The van der Waals surface area contributed by atoms with E-state index >= 15 is 0 Å². The van der Waals surface area contributed by atoms with Gasteiger partial charge in [-0.2, -0.15) is 0 Å². The molecule has 2 nitrogen and oxygen atoms in total.